The zero-order chi connectivity index (χ0) is 9.10. The largest absolute Gasteiger partial charge is 0.314 e. The molecule has 1 aliphatic rings. The molecule has 1 aromatic heterocycles. The minimum absolute atomic E-state index is 0.426. The van der Waals surface area contributed by atoms with Crippen LogP contribution in [0.2, 0.25) is 0 Å². The molecule has 13 heavy (non-hydrogen) atoms. The van der Waals surface area contributed by atoms with Crippen molar-refractivity contribution in [1.82, 2.24) is 15.6 Å². The minimum Gasteiger partial charge on any atom is -0.314 e. The molecule has 3 heteroatoms. The van der Waals surface area contributed by atoms with Gasteiger partial charge in [0.25, 0.3) is 0 Å². The summed E-state index contributed by atoms with van der Waals surface area (Å²) in [6.45, 7) is 4.37. The molecule has 0 radical (unpaired) electrons. The average molecular weight is 177 g/mol. The Morgan fingerprint density at radius 3 is 2.69 bits per heavy atom. The van der Waals surface area contributed by atoms with E-state index < -0.39 is 0 Å². The molecule has 0 bridgehead atoms. The van der Waals surface area contributed by atoms with Crippen LogP contribution in [0.4, 0.5) is 0 Å². The monoisotopic (exact) mass is 177 g/mol. The molecule has 1 aromatic rings. The first-order valence-corrected chi connectivity index (χ1v) is 4.73. The number of pyridine rings is 1. The number of hydrogen-bond acceptors (Lipinski definition) is 3. The van der Waals surface area contributed by atoms with Gasteiger partial charge in [0.15, 0.2) is 0 Å². The van der Waals surface area contributed by atoms with E-state index in [0.29, 0.717) is 12.1 Å². The van der Waals surface area contributed by atoms with Crippen LogP contribution in [0.1, 0.15) is 18.5 Å². The fraction of sp³-hybridized carbons (Fsp3) is 0.500. The highest BCUT2D eigenvalue weighted by molar-refractivity contribution is 5.14. The Hall–Kier alpha value is -0.930. The molecule has 0 aromatic carbocycles. The third-order valence-corrected chi connectivity index (χ3v) is 2.47. The SMILES string of the molecule is C[C@@H](NC1CNC1)c1ccncc1. The molecule has 70 valence electrons. The summed E-state index contributed by atoms with van der Waals surface area (Å²) in [5, 5.41) is 6.79. The van der Waals surface area contributed by atoms with Crippen molar-refractivity contribution in [3.63, 3.8) is 0 Å². The Labute approximate surface area is 78.6 Å². The zero-order valence-corrected chi connectivity index (χ0v) is 7.83. The molecule has 0 unspecified atom stereocenters. The first kappa shape index (κ1) is 8.66. The van der Waals surface area contributed by atoms with Gasteiger partial charge in [-0.2, -0.15) is 0 Å². The standard InChI is InChI=1S/C10H15N3/c1-8(13-10-6-12-7-10)9-2-4-11-5-3-9/h2-5,8,10,12-13H,6-7H2,1H3/t8-/m1/s1. The Kier molecular flexibility index (Phi) is 2.57. The molecule has 1 atom stereocenters. The summed E-state index contributed by atoms with van der Waals surface area (Å²) in [5.41, 5.74) is 1.31. The minimum atomic E-state index is 0.426. The normalized spacial score (nSPS) is 19.5. The first-order valence-electron chi connectivity index (χ1n) is 4.73. The van der Waals surface area contributed by atoms with Crippen molar-refractivity contribution < 1.29 is 0 Å². The smallest absolute Gasteiger partial charge is 0.0322 e. The van der Waals surface area contributed by atoms with Crippen LogP contribution in [0.15, 0.2) is 24.5 Å². The molecular weight excluding hydrogens is 162 g/mol. The molecule has 1 aliphatic heterocycles. The van der Waals surface area contributed by atoms with Gasteiger partial charge >= 0.3 is 0 Å². The van der Waals surface area contributed by atoms with E-state index in [2.05, 4.69) is 34.7 Å². The molecule has 3 nitrogen and oxygen atoms in total. The summed E-state index contributed by atoms with van der Waals surface area (Å²) in [7, 11) is 0. The third kappa shape index (κ3) is 2.05. The highest BCUT2D eigenvalue weighted by atomic mass is 15.1. The number of nitrogens with one attached hydrogen (secondary N) is 2. The van der Waals surface area contributed by atoms with Gasteiger partial charge in [-0.25, -0.2) is 0 Å². The molecular formula is C10H15N3. The van der Waals surface area contributed by atoms with Gasteiger partial charge in [-0.05, 0) is 24.6 Å². The van der Waals surface area contributed by atoms with E-state index >= 15 is 0 Å². The Morgan fingerprint density at radius 1 is 1.46 bits per heavy atom. The van der Waals surface area contributed by atoms with Crippen molar-refractivity contribution in [2.45, 2.75) is 19.0 Å². The van der Waals surface area contributed by atoms with Crippen LogP contribution >= 0.6 is 0 Å². The summed E-state index contributed by atoms with van der Waals surface area (Å²) in [6.07, 6.45) is 3.68. The molecule has 0 aliphatic carbocycles. The van der Waals surface area contributed by atoms with Crippen molar-refractivity contribution in [2.24, 2.45) is 0 Å². The zero-order valence-electron chi connectivity index (χ0n) is 7.83. The van der Waals surface area contributed by atoms with Gasteiger partial charge in [0.1, 0.15) is 0 Å². The Balaban J connectivity index is 1.92. The van der Waals surface area contributed by atoms with Gasteiger partial charge in [-0.3, -0.25) is 4.98 Å². The number of rotatable bonds is 3. The highest BCUT2D eigenvalue weighted by Crippen LogP contribution is 2.11. The van der Waals surface area contributed by atoms with Crippen LogP contribution in [0.25, 0.3) is 0 Å². The third-order valence-electron chi connectivity index (χ3n) is 2.47. The average Bonchev–Trinajstić information content (AvgIpc) is 2.12. The van der Waals surface area contributed by atoms with Crippen LogP contribution < -0.4 is 10.6 Å². The van der Waals surface area contributed by atoms with Crippen molar-refractivity contribution >= 4 is 0 Å². The van der Waals surface area contributed by atoms with Crippen molar-refractivity contribution in [3.8, 4) is 0 Å². The summed E-state index contributed by atoms with van der Waals surface area (Å²) in [5.74, 6) is 0. The number of aromatic nitrogens is 1. The molecule has 2 N–H and O–H groups in total. The maximum atomic E-state index is 4.00. The Morgan fingerprint density at radius 2 is 2.15 bits per heavy atom. The van der Waals surface area contributed by atoms with E-state index in [1.54, 1.807) is 0 Å². The second-order valence-electron chi connectivity index (χ2n) is 3.52. The van der Waals surface area contributed by atoms with Crippen molar-refractivity contribution in [2.75, 3.05) is 13.1 Å². The van der Waals surface area contributed by atoms with E-state index in [-0.39, 0.29) is 0 Å². The lowest BCUT2D eigenvalue weighted by Gasteiger charge is -2.31. The van der Waals surface area contributed by atoms with Crippen molar-refractivity contribution in [3.05, 3.63) is 30.1 Å². The van der Waals surface area contributed by atoms with E-state index in [1.807, 2.05) is 12.4 Å². The summed E-state index contributed by atoms with van der Waals surface area (Å²) < 4.78 is 0. The highest BCUT2D eigenvalue weighted by Gasteiger charge is 2.18. The van der Waals surface area contributed by atoms with Crippen LogP contribution in [0.5, 0.6) is 0 Å². The maximum absolute atomic E-state index is 4.00. The molecule has 1 saturated heterocycles. The fourth-order valence-electron chi connectivity index (χ4n) is 1.51. The molecule has 0 amide bonds. The van der Waals surface area contributed by atoms with E-state index in [9.17, 15) is 0 Å². The lowest BCUT2D eigenvalue weighted by molar-refractivity contribution is 0.338. The van der Waals surface area contributed by atoms with Gasteiger partial charge < -0.3 is 10.6 Å². The summed E-state index contributed by atoms with van der Waals surface area (Å²) in [4.78, 5) is 4.00. The Bertz CT molecular complexity index is 256. The second kappa shape index (κ2) is 3.85. The summed E-state index contributed by atoms with van der Waals surface area (Å²) >= 11 is 0. The lowest BCUT2D eigenvalue weighted by Crippen LogP contribution is -2.55. The van der Waals surface area contributed by atoms with Gasteiger partial charge in [0.2, 0.25) is 0 Å². The topological polar surface area (TPSA) is 37.0 Å². The number of nitrogens with zero attached hydrogens (tertiary/aromatic N) is 1. The number of hydrogen-bond donors (Lipinski definition) is 2. The predicted octanol–water partition coefficient (Wildman–Crippen LogP) is 0.704. The van der Waals surface area contributed by atoms with Crippen LogP contribution in [-0.4, -0.2) is 24.1 Å². The quantitative estimate of drug-likeness (QED) is 0.713. The maximum Gasteiger partial charge on any atom is 0.0322 e. The molecule has 2 heterocycles. The summed E-state index contributed by atoms with van der Waals surface area (Å²) in [6, 6.07) is 5.19. The van der Waals surface area contributed by atoms with E-state index in [1.165, 1.54) is 5.56 Å². The van der Waals surface area contributed by atoms with Crippen molar-refractivity contribution in [1.29, 1.82) is 0 Å². The van der Waals surface area contributed by atoms with E-state index in [4.69, 9.17) is 0 Å². The van der Waals surface area contributed by atoms with Gasteiger partial charge in [-0.15, -0.1) is 0 Å². The predicted molar refractivity (Wildman–Crippen MR) is 52.4 cm³/mol. The van der Waals surface area contributed by atoms with Crippen LogP contribution in [0, 0.1) is 0 Å². The molecule has 1 fully saturated rings. The molecule has 2 rings (SSSR count). The van der Waals surface area contributed by atoms with E-state index in [0.717, 1.165) is 13.1 Å². The lowest BCUT2D eigenvalue weighted by atomic mass is 10.1. The molecule has 0 saturated carbocycles. The second-order valence-corrected chi connectivity index (χ2v) is 3.52. The van der Waals surface area contributed by atoms with Gasteiger partial charge in [-0.1, -0.05) is 0 Å². The fourth-order valence-corrected chi connectivity index (χ4v) is 1.51. The molecule has 0 spiro atoms. The van der Waals surface area contributed by atoms with Crippen LogP contribution in [-0.2, 0) is 0 Å². The first-order chi connectivity index (χ1) is 6.36. The van der Waals surface area contributed by atoms with Gasteiger partial charge in [0, 0.05) is 37.6 Å². The van der Waals surface area contributed by atoms with Gasteiger partial charge in [0.05, 0.1) is 0 Å². The van der Waals surface area contributed by atoms with Crippen LogP contribution in [0.3, 0.4) is 0 Å².